The fourth-order valence-corrected chi connectivity index (χ4v) is 3.03. The van der Waals surface area contributed by atoms with Crippen LogP contribution in [0.2, 0.25) is 0 Å². The molecule has 1 amide bonds. The van der Waals surface area contributed by atoms with E-state index in [1.165, 1.54) is 12.1 Å². The van der Waals surface area contributed by atoms with Gasteiger partial charge in [0, 0.05) is 11.6 Å². The standard InChI is InChI=1S/C19H19FN4O/c1-11-9-16(14-5-7-15(20)8-6-14)23-24-17(11)10-21-18(24)19(25)22-12(2)13-3-4-13/h5-10,12-13H,3-4H2,1-2H3,(H,22,25)/t12-/m0/s1. The molecule has 6 heteroatoms. The van der Waals surface area contributed by atoms with Gasteiger partial charge in [0.15, 0.2) is 0 Å². The van der Waals surface area contributed by atoms with Crippen LogP contribution in [0.15, 0.2) is 36.5 Å². The second-order valence-corrected chi connectivity index (χ2v) is 6.70. The Morgan fingerprint density at radius 3 is 2.72 bits per heavy atom. The van der Waals surface area contributed by atoms with Gasteiger partial charge in [0.2, 0.25) is 5.82 Å². The van der Waals surface area contributed by atoms with Gasteiger partial charge in [-0.3, -0.25) is 4.79 Å². The molecule has 0 unspecified atom stereocenters. The van der Waals surface area contributed by atoms with Crippen LogP contribution < -0.4 is 5.32 Å². The second kappa shape index (κ2) is 5.95. The van der Waals surface area contributed by atoms with Crippen molar-refractivity contribution < 1.29 is 9.18 Å². The van der Waals surface area contributed by atoms with E-state index in [9.17, 15) is 9.18 Å². The lowest BCUT2D eigenvalue weighted by molar-refractivity contribution is 0.0923. The van der Waals surface area contributed by atoms with Crippen LogP contribution in [0.4, 0.5) is 4.39 Å². The number of amides is 1. The van der Waals surface area contributed by atoms with Gasteiger partial charge in [-0.25, -0.2) is 13.9 Å². The van der Waals surface area contributed by atoms with Crippen molar-refractivity contribution in [1.29, 1.82) is 0 Å². The Hall–Kier alpha value is -2.76. The lowest BCUT2D eigenvalue weighted by Gasteiger charge is -2.12. The maximum absolute atomic E-state index is 13.2. The van der Waals surface area contributed by atoms with E-state index in [0.29, 0.717) is 11.6 Å². The van der Waals surface area contributed by atoms with Gasteiger partial charge in [-0.05, 0) is 68.5 Å². The molecule has 128 valence electrons. The van der Waals surface area contributed by atoms with E-state index in [0.717, 1.165) is 29.5 Å². The molecule has 1 aliphatic carbocycles. The number of carbonyl (C=O) groups excluding carboxylic acids is 1. The fraction of sp³-hybridized carbons (Fsp3) is 0.316. The minimum atomic E-state index is -0.293. The number of aromatic nitrogens is 3. The first-order valence-electron chi connectivity index (χ1n) is 8.45. The van der Waals surface area contributed by atoms with Gasteiger partial charge in [0.1, 0.15) is 5.82 Å². The first-order chi connectivity index (χ1) is 12.0. The molecule has 0 radical (unpaired) electrons. The highest BCUT2D eigenvalue weighted by Gasteiger charge is 2.30. The van der Waals surface area contributed by atoms with Crippen molar-refractivity contribution >= 4 is 11.4 Å². The molecule has 0 saturated heterocycles. The molecule has 25 heavy (non-hydrogen) atoms. The number of rotatable bonds is 4. The van der Waals surface area contributed by atoms with E-state index in [4.69, 9.17) is 0 Å². The van der Waals surface area contributed by atoms with Crippen LogP contribution in [0.25, 0.3) is 16.8 Å². The number of nitrogens with zero attached hydrogens (tertiary/aromatic N) is 3. The summed E-state index contributed by atoms with van der Waals surface area (Å²) < 4.78 is 14.7. The monoisotopic (exact) mass is 338 g/mol. The zero-order valence-corrected chi connectivity index (χ0v) is 14.2. The minimum Gasteiger partial charge on any atom is -0.347 e. The van der Waals surface area contributed by atoms with Gasteiger partial charge in [-0.2, -0.15) is 5.10 Å². The smallest absolute Gasteiger partial charge is 0.289 e. The summed E-state index contributed by atoms with van der Waals surface area (Å²) in [6.07, 6.45) is 3.99. The van der Waals surface area contributed by atoms with Crippen LogP contribution in [-0.2, 0) is 0 Å². The predicted molar refractivity (Wildman–Crippen MR) is 92.8 cm³/mol. The fourth-order valence-electron chi connectivity index (χ4n) is 3.03. The predicted octanol–water partition coefficient (Wildman–Crippen LogP) is 3.37. The number of benzene rings is 1. The number of fused-ring (bicyclic) bond motifs is 1. The third-order valence-corrected chi connectivity index (χ3v) is 4.73. The Kier molecular flexibility index (Phi) is 3.75. The summed E-state index contributed by atoms with van der Waals surface area (Å²) in [5.41, 5.74) is 3.20. The van der Waals surface area contributed by atoms with E-state index < -0.39 is 0 Å². The van der Waals surface area contributed by atoms with Gasteiger partial charge in [-0.1, -0.05) is 0 Å². The maximum Gasteiger partial charge on any atom is 0.289 e. The normalized spacial score (nSPS) is 15.3. The van der Waals surface area contributed by atoms with E-state index in [1.807, 2.05) is 19.9 Å². The molecule has 1 atom stereocenters. The summed E-state index contributed by atoms with van der Waals surface area (Å²) >= 11 is 0. The Morgan fingerprint density at radius 2 is 2.04 bits per heavy atom. The number of imidazole rings is 1. The van der Waals surface area contributed by atoms with Crippen molar-refractivity contribution in [1.82, 2.24) is 19.9 Å². The average Bonchev–Trinajstić information content (AvgIpc) is 3.35. The van der Waals surface area contributed by atoms with Gasteiger partial charge < -0.3 is 5.32 Å². The Bertz CT molecular complexity index is 944. The van der Waals surface area contributed by atoms with Crippen LogP contribution >= 0.6 is 0 Å². The summed E-state index contributed by atoms with van der Waals surface area (Å²) in [4.78, 5) is 16.8. The molecule has 2 aromatic heterocycles. The first kappa shape index (κ1) is 15.7. The number of halogens is 1. The van der Waals surface area contributed by atoms with E-state index in [1.54, 1.807) is 22.8 Å². The number of hydrogen-bond acceptors (Lipinski definition) is 3. The molecule has 0 spiro atoms. The Balaban J connectivity index is 1.73. The molecule has 5 nitrogen and oxygen atoms in total. The molecule has 0 aliphatic heterocycles. The Labute approximate surface area is 144 Å². The van der Waals surface area contributed by atoms with Crippen molar-refractivity contribution in [2.45, 2.75) is 32.7 Å². The number of nitrogens with one attached hydrogen (secondary N) is 1. The molecule has 3 aromatic rings. The van der Waals surface area contributed by atoms with Crippen LogP contribution in [0.1, 0.15) is 35.9 Å². The summed E-state index contributed by atoms with van der Waals surface area (Å²) in [5.74, 6) is 0.329. The molecule has 1 N–H and O–H groups in total. The maximum atomic E-state index is 13.2. The van der Waals surface area contributed by atoms with Crippen LogP contribution in [0, 0.1) is 18.7 Å². The molecule has 4 rings (SSSR count). The average molecular weight is 338 g/mol. The zero-order valence-electron chi connectivity index (χ0n) is 14.2. The van der Waals surface area contributed by atoms with Crippen LogP contribution in [0.5, 0.6) is 0 Å². The highest BCUT2D eigenvalue weighted by atomic mass is 19.1. The zero-order chi connectivity index (χ0) is 17.6. The van der Waals surface area contributed by atoms with E-state index >= 15 is 0 Å². The molecule has 2 heterocycles. The summed E-state index contributed by atoms with van der Waals surface area (Å²) in [6, 6.07) is 8.20. The van der Waals surface area contributed by atoms with E-state index in [-0.39, 0.29) is 23.6 Å². The molecular weight excluding hydrogens is 319 g/mol. The third-order valence-electron chi connectivity index (χ3n) is 4.73. The van der Waals surface area contributed by atoms with Crippen molar-refractivity contribution in [3.8, 4) is 11.3 Å². The lowest BCUT2D eigenvalue weighted by Crippen LogP contribution is -2.35. The van der Waals surface area contributed by atoms with Crippen LogP contribution in [-0.4, -0.2) is 26.5 Å². The highest BCUT2D eigenvalue weighted by molar-refractivity contribution is 5.92. The molecule has 1 aromatic carbocycles. The Morgan fingerprint density at radius 1 is 1.32 bits per heavy atom. The van der Waals surface area contributed by atoms with Gasteiger partial charge in [-0.15, -0.1) is 0 Å². The molecular formula is C19H19FN4O. The van der Waals surface area contributed by atoms with Crippen molar-refractivity contribution in [2.24, 2.45) is 5.92 Å². The number of carbonyl (C=O) groups is 1. The molecule has 1 fully saturated rings. The van der Waals surface area contributed by atoms with Gasteiger partial charge in [0.05, 0.1) is 17.4 Å². The minimum absolute atomic E-state index is 0.140. The number of hydrogen-bond donors (Lipinski definition) is 1. The molecule has 1 aliphatic rings. The SMILES string of the molecule is Cc1cc(-c2ccc(F)cc2)nn2c(C(=O)N[C@@H](C)C3CC3)ncc12. The quantitative estimate of drug-likeness (QED) is 0.793. The summed E-state index contributed by atoms with van der Waals surface area (Å²) in [7, 11) is 0. The largest absolute Gasteiger partial charge is 0.347 e. The van der Waals surface area contributed by atoms with Crippen molar-refractivity contribution in [2.75, 3.05) is 0 Å². The topological polar surface area (TPSA) is 59.3 Å². The molecule has 1 saturated carbocycles. The lowest BCUT2D eigenvalue weighted by atomic mass is 10.1. The summed E-state index contributed by atoms with van der Waals surface area (Å²) in [6.45, 7) is 3.97. The second-order valence-electron chi connectivity index (χ2n) is 6.70. The van der Waals surface area contributed by atoms with Crippen molar-refractivity contribution in [3.63, 3.8) is 0 Å². The number of aryl methyl sites for hydroxylation is 1. The van der Waals surface area contributed by atoms with Gasteiger partial charge in [0.25, 0.3) is 5.91 Å². The van der Waals surface area contributed by atoms with Crippen molar-refractivity contribution in [3.05, 3.63) is 53.7 Å². The first-order valence-corrected chi connectivity index (χ1v) is 8.45. The third kappa shape index (κ3) is 2.99. The van der Waals surface area contributed by atoms with Gasteiger partial charge >= 0.3 is 0 Å². The summed E-state index contributed by atoms with van der Waals surface area (Å²) in [5, 5.41) is 7.57. The van der Waals surface area contributed by atoms with E-state index in [2.05, 4.69) is 15.4 Å². The van der Waals surface area contributed by atoms with Crippen LogP contribution in [0.3, 0.4) is 0 Å². The molecule has 0 bridgehead atoms. The highest BCUT2D eigenvalue weighted by Crippen LogP contribution is 2.32.